The van der Waals surface area contributed by atoms with E-state index < -0.39 is 0 Å². The minimum Gasteiger partial charge on any atom is -0.457 e. The van der Waals surface area contributed by atoms with E-state index in [1.165, 1.54) is 5.57 Å². The number of pyridine rings is 1. The number of allylic oxidation sites excluding steroid dienone is 1. The summed E-state index contributed by atoms with van der Waals surface area (Å²) in [5.41, 5.74) is 4.40. The molecule has 134 valence electrons. The van der Waals surface area contributed by atoms with Crippen molar-refractivity contribution in [2.45, 2.75) is 12.8 Å². The summed E-state index contributed by atoms with van der Waals surface area (Å²) in [4.78, 5) is 8.92. The predicted molar refractivity (Wildman–Crippen MR) is 111 cm³/mol. The summed E-state index contributed by atoms with van der Waals surface area (Å²) in [6.45, 7) is 0.870. The quantitative estimate of drug-likeness (QED) is 0.565. The minimum atomic E-state index is 0. The first-order chi connectivity index (χ1) is 11.9. The van der Waals surface area contributed by atoms with Gasteiger partial charge in [-0.15, -0.1) is 24.8 Å². The average molecular weight is 387 g/mol. The third kappa shape index (κ3) is 4.43. The van der Waals surface area contributed by atoms with E-state index in [2.05, 4.69) is 29.3 Å². The maximum absolute atomic E-state index is 6.01. The number of aliphatic imine (C=N–C) groups is 1. The molecule has 0 spiro atoms. The zero-order valence-corrected chi connectivity index (χ0v) is 15.8. The highest BCUT2D eigenvalue weighted by Gasteiger charge is 2.15. The van der Waals surface area contributed by atoms with Crippen LogP contribution in [0.5, 0.6) is 0 Å². The van der Waals surface area contributed by atoms with Gasteiger partial charge in [0.2, 0.25) is 0 Å². The van der Waals surface area contributed by atoms with Crippen LogP contribution in [0, 0.1) is 0 Å². The number of nitrogens with zero attached hydrogens (tertiary/aromatic N) is 2. The summed E-state index contributed by atoms with van der Waals surface area (Å²) < 4.78 is 6.01. The molecule has 2 aromatic heterocycles. The summed E-state index contributed by atoms with van der Waals surface area (Å²) in [5, 5.41) is 0. The maximum atomic E-state index is 6.01. The van der Waals surface area contributed by atoms with E-state index >= 15 is 0 Å². The number of furan rings is 1. The zero-order chi connectivity index (χ0) is 16.2. The van der Waals surface area contributed by atoms with Gasteiger partial charge in [-0.05, 0) is 48.8 Å². The van der Waals surface area contributed by atoms with Gasteiger partial charge in [0.25, 0.3) is 0 Å². The molecule has 0 fully saturated rings. The third-order valence-corrected chi connectivity index (χ3v) is 4.11. The number of hydrogen-bond acceptors (Lipinski definition) is 3. The first kappa shape index (κ1) is 20.0. The lowest BCUT2D eigenvalue weighted by Gasteiger charge is -2.15. The molecule has 1 aromatic carbocycles. The standard InChI is InChI=1S/C21H18N2O.2ClH/c1-2-6-16(7-3-1)20-11-10-19(24-20)14-17-8-5-13-23-21(17)18-9-4-12-22-15-18;;/h1-4,6-7,9-12,14-15H,5,8,13H2;2*1H/b17-14-;;. The van der Waals surface area contributed by atoms with Crippen molar-refractivity contribution in [2.75, 3.05) is 6.54 Å². The molecule has 26 heavy (non-hydrogen) atoms. The SMILES string of the molecule is C(=C1\CCCN=C1c1cccnc1)/c1ccc(-c2ccccc2)o1.Cl.Cl. The summed E-state index contributed by atoms with van der Waals surface area (Å²) in [6.07, 6.45) is 7.85. The highest BCUT2D eigenvalue weighted by Crippen LogP contribution is 2.26. The van der Waals surface area contributed by atoms with Gasteiger partial charge in [0.05, 0.1) is 5.71 Å². The molecule has 0 amide bonds. The van der Waals surface area contributed by atoms with E-state index in [4.69, 9.17) is 9.41 Å². The van der Waals surface area contributed by atoms with Crippen molar-refractivity contribution in [2.24, 2.45) is 4.99 Å². The first-order valence-electron chi connectivity index (χ1n) is 8.21. The molecular formula is C21H20Cl2N2O. The molecule has 0 saturated carbocycles. The van der Waals surface area contributed by atoms with Gasteiger partial charge in [0, 0.05) is 30.1 Å². The highest BCUT2D eigenvalue weighted by atomic mass is 35.5. The normalized spacial score (nSPS) is 14.9. The molecule has 0 saturated heterocycles. The molecule has 0 aliphatic carbocycles. The van der Waals surface area contributed by atoms with Gasteiger partial charge in [-0.3, -0.25) is 9.98 Å². The van der Waals surface area contributed by atoms with Gasteiger partial charge in [-0.2, -0.15) is 0 Å². The van der Waals surface area contributed by atoms with Gasteiger partial charge < -0.3 is 4.42 Å². The van der Waals surface area contributed by atoms with E-state index in [1.54, 1.807) is 6.20 Å². The molecule has 3 heterocycles. The average Bonchev–Trinajstić information content (AvgIpc) is 3.12. The lowest BCUT2D eigenvalue weighted by molar-refractivity contribution is 0.571. The maximum Gasteiger partial charge on any atom is 0.134 e. The number of benzene rings is 1. The van der Waals surface area contributed by atoms with Gasteiger partial charge in [0.15, 0.2) is 0 Å². The van der Waals surface area contributed by atoms with Crippen LogP contribution >= 0.6 is 24.8 Å². The second-order valence-corrected chi connectivity index (χ2v) is 5.81. The summed E-state index contributed by atoms with van der Waals surface area (Å²) >= 11 is 0. The largest absolute Gasteiger partial charge is 0.457 e. The van der Waals surface area contributed by atoms with E-state index in [1.807, 2.05) is 42.6 Å². The van der Waals surface area contributed by atoms with Crippen molar-refractivity contribution in [1.82, 2.24) is 4.98 Å². The molecule has 3 aromatic rings. The van der Waals surface area contributed by atoms with Crippen LogP contribution in [0.2, 0.25) is 0 Å². The van der Waals surface area contributed by atoms with E-state index in [-0.39, 0.29) is 24.8 Å². The first-order valence-corrected chi connectivity index (χ1v) is 8.21. The van der Waals surface area contributed by atoms with Crippen LogP contribution in [0.3, 0.4) is 0 Å². The van der Waals surface area contributed by atoms with Gasteiger partial charge in [-0.25, -0.2) is 0 Å². The fourth-order valence-electron chi connectivity index (χ4n) is 2.96. The molecule has 0 atom stereocenters. The number of rotatable bonds is 3. The second-order valence-electron chi connectivity index (χ2n) is 5.81. The lowest BCUT2D eigenvalue weighted by atomic mass is 9.96. The van der Waals surface area contributed by atoms with Crippen LogP contribution in [0.4, 0.5) is 0 Å². The molecule has 0 bridgehead atoms. The van der Waals surface area contributed by atoms with E-state index in [9.17, 15) is 0 Å². The molecule has 3 nitrogen and oxygen atoms in total. The van der Waals surface area contributed by atoms with E-state index in [0.29, 0.717) is 0 Å². The molecule has 0 radical (unpaired) electrons. The zero-order valence-electron chi connectivity index (χ0n) is 14.2. The molecule has 1 aliphatic rings. The molecule has 1 aliphatic heterocycles. The summed E-state index contributed by atoms with van der Waals surface area (Å²) in [6, 6.07) is 18.2. The van der Waals surface area contributed by atoms with Gasteiger partial charge in [-0.1, -0.05) is 30.3 Å². The topological polar surface area (TPSA) is 38.4 Å². The fraction of sp³-hybridized carbons (Fsp3) is 0.143. The van der Waals surface area contributed by atoms with Crippen molar-refractivity contribution in [3.05, 3.63) is 83.9 Å². The van der Waals surface area contributed by atoms with Crippen molar-refractivity contribution in [3.8, 4) is 11.3 Å². The molecule has 5 heteroatoms. The monoisotopic (exact) mass is 386 g/mol. The van der Waals surface area contributed by atoms with Crippen LogP contribution in [0.1, 0.15) is 24.2 Å². The van der Waals surface area contributed by atoms with Gasteiger partial charge in [0.1, 0.15) is 11.5 Å². The van der Waals surface area contributed by atoms with E-state index in [0.717, 1.165) is 47.7 Å². The summed E-state index contributed by atoms with van der Waals surface area (Å²) in [5.74, 6) is 1.75. The van der Waals surface area contributed by atoms with Crippen molar-refractivity contribution < 1.29 is 4.42 Å². The highest BCUT2D eigenvalue weighted by molar-refractivity contribution is 6.15. The molecule has 4 rings (SSSR count). The Morgan fingerprint density at radius 2 is 1.69 bits per heavy atom. The van der Waals surface area contributed by atoms with Crippen LogP contribution in [-0.2, 0) is 0 Å². The molecular weight excluding hydrogens is 367 g/mol. The summed E-state index contributed by atoms with van der Waals surface area (Å²) in [7, 11) is 0. The van der Waals surface area contributed by atoms with Crippen molar-refractivity contribution in [3.63, 3.8) is 0 Å². The lowest BCUT2D eigenvalue weighted by Crippen LogP contribution is -2.11. The Hall–Kier alpha value is -2.36. The van der Waals surface area contributed by atoms with Crippen LogP contribution in [0.25, 0.3) is 17.4 Å². The second kappa shape index (κ2) is 9.37. The Morgan fingerprint density at radius 1 is 0.885 bits per heavy atom. The Kier molecular flexibility index (Phi) is 7.19. The Labute approximate surface area is 165 Å². The number of hydrogen-bond donors (Lipinski definition) is 0. The predicted octanol–water partition coefficient (Wildman–Crippen LogP) is 5.85. The van der Waals surface area contributed by atoms with Crippen LogP contribution in [0.15, 0.2) is 82.0 Å². The van der Waals surface area contributed by atoms with Crippen molar-refractivity contribution >= 4 is 36.6 Å². The minimum absolute atomic E-state index is 0. The Balaban J connectivity index is 0.00000121. The third-order valence-electron chi connectivity index (χ3n) is 4.11. The Morgan fingerprint density at radius 3 is 2.46 bits per heavy atom. The number of halogens is 2. The van der Waals surface area contributed by atoms with Crippen molar-refractivity contribution in [1.29, 1.82) is 0 Å². The van der Waals surface area contributed by atoms with Crippen LogP contribution < -0.4 is 0 Å². The van der Waals surface area contributed by atoms with Crippen LogP contribution in [-0.4, -0.2) is 17.2 Å². The smallest absolute Gasteiger partial charge is 0.134 e. The number of aromatic nitrogens is 1. The molecule has 0 unspecified atom stereocenters. The fourth-order valence-corrected chi connectivity index (χ4v) is 2.96. The van der Waals surface area contributed by atoms with Gasteiger partial charge >= 0.3 is 0 Å². The Bertz CT molecular complexity index is 887. The molecule has 0 N–H and O–H groups in total.